The lowest BCUT2D eigenvalue weighted by Crippen LogP contribution is -2.48. The highest BCUT2D eigenvalue weighted by molar-refractivity contribution is 5.04. The summed E-state index contributed by atoms with van der Waals surface area (Å²) in [7, 11) is 0. The van der Waals surface area contributed by atoms with Gasteiger partial charge in [0, 0.05) is 30.7 Å². The van der Waals surface area contributed by atoms with Gasteiger partial charge in [-0.1, -0.05) is 12.1 Å². The highest BCUT2D eigenvalue weighted by Crippen LogP contribution is 2.30. The average Bonchev–Trinajstić information content (AvgIpc) is 2.95. The normalized spacial score (nSPS) is 30.2. The molecule has 0 saturated carbocycles. The van der Waals surface area contributed by atoms with Gasteiger partial charge in [-0.05, 0) is 45.6 Å². The van der Waals surface area contributed by atoms with Gasteiger partial charge in [-0.3, -0.25) is 4.90 Å². The molecule has 3 rings (SSSR count). The summed E-state index contributed by atoms with van der Waals surface area (Å²) in [6.07, 6.45) is 6.53. The van der Waals surface area contributed by atoms with Crippen molar-refractivity contribution in [2.75, 3.05) is 6.54 Å². The molecule has 0 amide bonds. The Bertz CT molecular complexity index is 405. The highest BCUT2D eigenvalue weighted by Gasteiger charge is 2.35. The van der Waals surface area contributed by atoms with Gasteiger partial charge in [0.15, 0.2) is 0 Å². The van der Waals surface area contributed by atoms with Crippen LogP contribution in [-0.2, 0) is 6.54 Å². The van der Waals surface area contributed by atoms with Gasteiger partial charge in [-0.2, -0.15) is 0 Å². The second-order valence-electron chi connectivity index (χ2n) is 6.16. The maximum atomic E-state index is 5.20. The molecule has 2 fully saturated rings. The van der Waals surface area contributed by atoms with Gasteiger partial charge in [0.05, 0.1) is 5.69 Å². The van der Waals surface area contributed by atoms with Crippen molar-refractivity contribution in [1.82, 2.24) is 15.4 Å². The van der Waals surface area contributed by atoms with E-state index in [-0.39, 0.29) is 0 Å². The fourth-order valence-corrected chi connectivity index (χ4v) is 3.70. The molecule has 4 heteroatoms. The topological polar surface area (TPSA) is 41.3 Å². The third-order valence-corrected chi connectivity index (χ3v) is 4.52. The number of rotatable bonds is 5. The zero-order chi connectivity index (χ0) is 13.2. The van der Waals surface area contributed by atoms with Crippen LogP contribution in [0.5, 0.6) is 0 Å². The smallest absolute Gasteiger partial charge is 0.133 e. The van der Waals surface area contributed by atoms with Crippen LogP contribution in [0.1, 0.15) is 50.5 Å². The first-order valence-electron chi connectivity index (χ1n) is 7.67. The number of hydrogen-bond acceptors (Lipinski definition) is 4. The molecule has 2 unspecified atom stereocenters. The van der Waals surface area contributed by atoms with Crippen LogP contribution in [0.4, 0.5) is 0 Å². The molecule has 2 bridgehead atoms. The summed E-state index contributed by atoms with van der Waals surface area (Å²) in [4.78, 5) is 2.61. The Balaban J connectivity index is 1.66. The number of aryl methyl sites for hydroxylation is 1. The van der Waals surface area contributed by atoms with Crippen molar-refractivity contribution >= 4 is 0 Å². The summed E-state index contributed by atoms with van der Waals surface area (Å²) in [6, 6.07) is 4.29. The summed E-state index contributed by atoms with van der Waals surface area (Å²) in [5, 5.41) is 7.88. The molecule has 3 heterocycles. The third kappa shape index (κ3) is 3.00. The second-order valence-corrected chi connectivity index (χ2v) is 6.16. The van der Waals surface area contributed by atoms with Crippen LogP contribution >= 0.6 is 0 Å². The van der Waals surface area contributed by atoms with Gasteiger partial charge in [0.25, 0.3) is 0 Å². The van der Waals surface area contributed by atoms with Crippen molar-refractivity contribution in [2.24, 2.45) is 0 Å². The second kappa shape index (κ2) is 5.63. The van der Waals surface area contributed by atoms with Gasteiger partial charge in [-0.15, -0.1) is 0 Å². The van der Waals surface area contributed by atoms with Gasteiger partial charge in [0.2, 0.25) is 0 Å². The standard InChI is InChI=1S/C15H25N3O/c1-3-6-18(10-14-7-11(2)19-17-14)15-8-12-4-5-13(9-15)16-12/h7,12-13,15-16H,3-6,8-10H2,1-2H3. The van der Waals surface area contributed by atoms with E-state index in [2.05, 4.69) is 28.4 Å². The molecule has 0 aromatic carbocycles. The molecule has 2 atom stereocenters. The molecule has 1 aromatic heterocycles. The largest absolute Gasteiger partial charge is 0.361 e. The quantitative estimate of drug-likeness (QED) is 0.886. The number of piperidine rings is 1. The summed E-state index contributed by atoms with van der Waals surface area (Å²) >= 11 is 0. The van der Waals surface area contributed by atoms with Crippen LogP contribution < -0.4 is 5.32 Å². The van der Waals surface area contributed by atoms with E-state index >= 15 is 0 Å². The molecule has 0 spiro atoms. The van der Waals surface area contributed by atoms with Crippen molar-refractivity contribution in [3.8, 4) is 0 Å². The summed E-state index contributed by atoms with van der Waals surface area (Å²) < 4.78 is 5.20. The van der Waals surface area contributed by atoms with E-state index in [0.717, 1.165) is 42.7 Å². The first kappa shape index (κ1) is 13.1. The molecule has 2 aliphatic heterocycles. The Kier molecular flexibility index (Phi) is 3.89. The van der Waals surface area contributed by atoms with E-state index in [1.54, 1.807) is 0 Å². The number of fused-ring (bicyclic) bond motifs is 2. The number of hydrogen-bond donors (Lipinski definition) is 1. The Morgan fingerprint density at radius 2 is 2.11 bits per heavy atom. The first-order chi connectivity index (χ1) is 9.24. The Hall–Kier alpha value is -0.870. The van der Waals surface area contributed by atoms with E-state index in [4.69, 9.17) is 4.52 Å². The first-order valence-corrected chi connectivity index (χ1v) is 7.67. The van der Waals surface area contributed by atoms with Gasteiger partial charge in [-0.25, -0.2) is 0 Å². The molecule has 0 radical (unpaired) electrons. The lowest BCUT2D eigenvalue weighted by molar-refractivity contribution is 0.131. The zero-order valence-corrected chi connectivity index (χ0v) is 12.1. The van der Waals surface area contributed by atoms with E-state index in [1.165, 1.54) is 32.1 Å². The summed E-state index contributed by atoms with van der Waals surface area (Å²) in [5.74, 6) is 0.914. The summed E-state index contributed by atoms with van der Waals surface area (Å²) in [6.45, 7) is 6.33. The fraction of sp³-hybridized carbons (Fsp3) is 0.800. The van der Waals surface area contributed by atoms with Crippen LogP contribution in [0.3, 0.4) is 0 Å². The van der Waals surface area contributed by atoms with Gasteiger partial charge >= 0.3 is 0 Å². The monoisotopic (exact) mass is 263 g/mol. The molecule has 1 N–H and O–H groups in total. The molecular weight excluding hydrogens is 238 g/mol. The molecule has 2 saturated heterocycles. The predicted molar refractivity (Wildman–Crippen MR) is 74.9 cm³/mol. The predicted octanol–water partition coefficient (Wildman–Crippen LogP) is 2.48. The van der Waals surface area contributed by atoms with Crippen LogP contribution in [0, 0.1) is 6.92 Å². The van der Waals surface area contributed by atoms with Crippen molar-refractivity contribution < 1.29 is 4.52 Å². The molecule has 2 aliphatic rings. The van der Waals surface area contributed by atoms with Crippen LogP contribution in [0.15, 0.2) is 10.6 Å². The number of nitrogens with one attached hydrogen (secondary N) is 1. The maximum Gasteiger partial charge on any atom is 0.133 e. The zero-order valence-electron chi connectivity index (χ0n) is 12.1. The molecule has 106 valence electrons. The highest BCUT2D eigenvalue weighted by atomic mass is 16.5. The van der Waals surface area contributed by atoms with Gasteiger partial charge < -0.3 is 9.84 Å². The maximum absolute atomic E-state index is 5.20. The van der Waals surface area contributed by atoms with Crippen LogP contribution in [0.25, 0.3) is 0 Å². The SMILES string of the molecule is CCCN(Cc1cc(C)on1)C1CC2CCC(C1)N2. The van der Waals surface area contributed by atoms with Crippen molar-refractivity contribution in [1.29, 1.82) is 0 Å². The van der Waals surface area contributed by atoms with Crippen molar-refractivity contribution in [2.45, 2.75) is 70.6 Å². The Morgan fingerprint density at radius 1 is 1.37 bits per heavy atom. The molecule has 1 aromatic rings. The summed E-state index contributed by atoms with van der Waals surface area (Å²) in [5.41, 5.74) is 1.08. The van der Waals surface area contributed by atoms with E-state index in [0.29, 0.717) is 0 Å². The lowest BCUT2D eigenvalue weighted by Gasteiger charge is -2.37. The van der Waals surface area contributed by atoms with Gasteiger partial charge in [0.1, 0.15) is 5.76 Å². The minimum absolute atomic E-state index is 0.718. The fourth-order valence-electron chi connectivity index (χ4n) is 3.70. The molecule has 19 heavy (non-hydrogen) atoms. The third-order valence-electron chi connectivity index (χ3n) is 4.52. The Morgan fingerprint density at radius 3 is 2.68 bits per heavy atom. The number of aromatic nitrogens is 1. The Labute approximate surface area is 115 Å². The van der Waals surface area contributed by atoms with E-state index in [9.17, 15) is 0 Å². The minimum Gasteiger partial charge on any atom is -0.361 e. The lowest BCUT2D eigenvalue weighted by atomic mass is 9.97. The molecule has 4 nitrogen and oxygen atoms in total. The molecular formula is C15H25N3O. The average molecular weight is 263 g/mol. The van der Waals surface area contributed by atoms with Crippen molar-refractivity contribution in [3.63, 3.8) is 0 Å². The van der Waals surface area contributed by atoms with Crippen LogP contribution in [-0.4, -0.2) is 34.7 Å². The van der Waals surface area contributed by atoms with Crippen LogP contribution in [0.2, 0.25) is 0 Å². The van der Waals surface area contributed by atoms with E-state index in [1.807, 2.05) is 6.92 Å². The van der Waals surface area contributed by atoms with Crippen molar-refractivity contribution in [3.05, 3.63) is 17.5 Å². The minimum atomic E-state index is 0.718. The van der Waals surface area contributed by atoms with E-state index < -0.39 is 0 Å². The number of nitrogens with zero attached hydrogens (tertiary/aromatic N) is 2. The molecule has 0 aliphatic carbocycles.